The smallest absolute Gasteiger partial charge is 0.0671 e. The number of rotatable bonds is 6. The summed E-state index contributed by atoms with van der Waals surface area (Å²) in [4.78, 5) is 2.57. The fourth-order valence-corrected chi connectivity index (χ4v) is 3.17. The van der Waals surface area contributed by atoms with Crippen LogP contribution in [-0.2, 0) is 6.54 Å². The number of aryl methyl sites for hydroxylation is 1. The average Bonchev–Trinajstić information content (AvgIpc) is 3.10. The third-order valence-electron chi connectivity index (χ3n) is 4.64. The molecule has 0 saturated carbocycles. The summed E-state index contributed by atoms with van der Waals surface area (Å²) in [6.07, 6.45) is 7.70. The minimum atomic E-state index is 0.0485. The van der Waals surface area contributed by atoms with Gasteiger partial charge >= 0.3 is 0 Å². The fraction of sp³-hybridized carbons (Fsp3) is 0.786. The second kappa shape index (κ2) is 6.03. The lowest BCUT2D eigenvalue weighted by molar-refractivity contribution is 0.0840. The van der Waals surface area contributed by atoms with Gasteiger partial charge in [0, 0.05) is 23.8 Å². The van der Waals surface area contributed by atoms with Gasteiger partial charge in [-0.3, -0.25) is 20.9 Å². The normalized spacial score (nSPS) is 21.5. The minimum Gasteiger partial charge on any atom is -0.296 e. The largest absolute Gasteiger partial charge is 0.296 e. The van der Waals surface area contributed by atoms with Gasteiger partial charge in [-0.05, 0) is 46.2 Å². The van der Waals surface area contributed by atoms with Crippen molar-refractivity contribution in [1.82, 2.24) is 20.1 Å². The molecule has 2 unspecified atom stereocenters. The second-order valence-electron chi connectivity index (χ2n) is 5.63. The van der Waals surface area contributed by atoms with Crippen LogP contribution in [0.5, 0.6) is 0 Å². The molecule has 2 rings (SSSR count). The Morgan fingerprint density at radius 3 is 2.58 bits per heavy atom. The molecule has 108 valence electrons. The quantitative estimate of drug-likeness (QED) is 0.607. The van der Waals surface area contributed by atoms with Crippen LogP contribution in [0.2, 0.25) is 0 Å². The van der Waals surface area contributed by atoms with Gasteiger partial charge in [-0.1, -0.05) is 6.92 Å². The summed E-state index contributed by atoms with van der Waals surface area (Å²) in [5.41, 5.74) is 4.26. The summed E-state index contributed by atoms with van der Waals surface area (Å²) in [5, 5.41) is 4.38. The van der Waals surface area contributed by atoms with E-state index < -0.39 is 0 Å². The highest BCUT2D eigenvalue weighted by Crippen LogP contribution is 2.35. The molecule has 1 aliphatic rings. The molecule has 2 heterocycles. The standard InChI is InChI=1S/C14H27N5/c1-4-14(3,18-8-6-7-9-18)13(17-15)12-10-16-19(5-2)11-12/h10-11,13,17H,4-9,15H2,1-3H3. The zero-order valence-corrected chi connectivity index (χ0v) is 12.4. The molecule has 5 heteroatoms. The van der Waals surface area contributed by atoms with E-state index in [0.29, 0.717) is 0 Å². The van der Waals surface area contributed by atoms with Gasteiger partial charge in [0.05, 0.1) is 12.2 Å². The first-order chi connectivity index (χ1) is 9.15. The first kappa shape index (κ1) is 14.5. The third-order valence-corrected chi connectivity index (χ3v) is 4.64. The maximum Gasteiger partial charge on any atom is 0.0671 e. The molecule has 1 aromatic rings. The van der Waals surface area contributed by atoms with Gasteiger partial charge in [-0.2, -0.15) is 5.10 Å². The van der Waals surface area contributed by atoms with Gasteiger partial charge in [-0.25, -0.2) is 0 Å². The molecule has 1 fully saturated rings. The number of nitrogens with zero attached hydrogens (tertiary/aromatic N) is 3. The number of hydrogen-bond donors (Lipinski definition) is 2. The van der Waals surface area contributed by atoms with E-state index in [1.807, 2.05) is 10.9 Å². The van der Waals surface area contributed by atoms with Crippen molar-refractivity contribution in [1.29, 1.82) is 0 Å². The number of nitrogens with one attached hydrogen (secondary N) is 1. The number of likely N-dealkylation sites (tertiary alicyclic amines) is 1. The molecule has 0 radical (unpaired) electrons. The van der Waals surface area contributed by atoms with Crippen LogP contribution in [-0.4, -0.2) is 33.3 Å². The summed E-state index contributed by atoms with van der Waals surface area (Å²) in [6, 6.07) is 0.121. The lowest BCUT2D eigenvalue weighted by Crippen LogP contribution is -2.54. The van der Waals surface area contributed by atoms with E-state index in [4.69, 9.17) is 5.84 Å². The molecule has 19 heavy (non-hydrogen) atoms. The molecule has 0 aromatic carbocycles. The van der Waals surface area contributed by atoms with Crippen LogP contribution < -0.4 is 11.3 Å². The number of hydrogen-bond acceptors (Lipinski definition) is 4. The number of hydrazine groups is 1. The zero-order valence-electron chi connectivity index (χ0n) is 12.4. The van der Waals surface area contributed by atoms with Crippen molar-refractivity contribution in [2.45, 2.75) is 58.2 Å². The highest BCUT2D eigenvalue weighted by Gasteiger charge is 2.40. The van der Waals surface area contributed by atoms with Crippen molar-refractivity contribution in [2.75, 3.05) is 13.1 Å². The lowest BCUT2D eigenvalue weighted by atomic mass is 9.84. The Bertz CT molecular complexity index is 396. The highest BCUT2D eigenvalue weighted by molar-refractivity contribution is 5.17. The second-order valence-corrected chi connectivity index (χ2v) is 5.63. The molecule has 1 aliphatic heterocycles. The van der Waals surface area contributed by atoms with Crippen molar-refractivity contribution in [3.05, 3.63) is 18.0 Å². The van der Waals surface area contributed by atoms with Crippen LogP contribution in [0.1, 0.15) is 51.6 Å². The first-order valence-corrected chi connectivity index (χ1v) is 7.39. The Balaban J connectivity index is 2.26. The van der Waals surface area contributed by atoms with Crippen molar-refractivity contribution in [3.63, 3.8) is 0 Å². The van der Waals surface area contributed by atoms with E-state index in [1.54, 1.807) is 0 Å². The number of aromatic nitrogens is 2. The van der Waals surface area contributed by atoms with Gasteiger partial charge in [0.2, 0.25) is 0 Å². The van der Waals surface area contributed by atoms with Gasteiger partial charge in [0.15, 0.2) is 0 Å². The maximum atomic E-state index is 5.87. The van der Waals surface area contributed by atoms with E-state index in [1.165, 1.54) is 31.5 Å². The molecule has 0 bridgehead atoms. The van der Waals surface area contributed by atoms with E-state index in [-0.39, 0.29) is 11.6 Å². The van der Waals surface area contributed by atoms with Crippen molar-refractivity contribution >= 4 is 0 Å². The van der Waals surface area contributed by atoms with E-state index in [0.717, 1.165) is 13.0 Å². The molecule has 0 amide bonds. The van der Waals surface area contributed by atoms with E-state index >= 15 is 0 Å². The lowest BCUT2D eigenvalue weighted by Gasteiger charge is -2.44. The Morgan fingerprint density at radius 2 is 2.11 bits per heavy atom. The van der Waals surface area contributed by atoms with Crippen LogP contribution in [0.3, 0.4) is 0 Å². The van der Waals surface area contributed by atoms with Crippen LogP contribution in [0.15, 0.2) is 12.4 Å². The van der Waals surface area contributed by atoms with Crippen molar-refractivity contribution in [2.24, 2.45) is 5.84 Å². The van der Waals surface area contributed by atoms with Crippen LogP contribution in [0.4, 0.5) is 0 Å². The highest BCUT2D eigenvalue weighted by atomic mass is 15.3. The average molecular weight is 265 g/mol. The predicted octanol–water partition coefficient (Wildman–Crippen LogP) is 1.67. The fourth-order valence-electron chi connectivity index (χ4n) is 3.17. The topological polar surface area (TPSA) is 59.1 Å². The summed E-state index contributed by atoms with van der Waals surface area (Å²) < 4.78 is 1.96. The molecule has 0 aliphatic carbocycles. The van der Waals surface area contributed by atoms with Crippen LogP contribution in [0.25, 0.3) is 0 Å². The van der Waals surface area contributed by atoms with Crippen molar-refractivity contribution < 1.29 is 0 Å². The number of nitrogens with two attached hydrogens (primary N) is 1. The van der Waals surface area contributed by atoms with Crippen LogP contribution in [0, 0.1) is 0 Å². The van der Waals surface area contributed by atoms with Gasteiger partial charge < -0.3 is 0 Å². The van der Waals surface area contributed by atoms with Gasteiger partial charge in [-0.15, -0.1) is 0 Å². The molecule has 1 aromatic heterocycles. The molecular weight excluding hydrogens is 238 g/mol. The Labute approximate surface area is 116 Å². The zero-order chi connectivity index (χ0) is 13.9. The first-order valence-electron chi connectivity index (χ1n) is 7.39. The van der Waals surface area contributed by atoms with E-state index in [9.17, 15) is 0 Å². The van der Waals surface area contributed by atoms with Gasteiger partial charge in [0.1, 0.15) is 0 Å². The molecule has 0 spiro atoms. The molecule has 1 saturated heterocycles. The Hall–Kier alpha value is -0.910. The minimum absolute atomic E-state index is 0.0485. The predicted molar refractivity (Wildman–Crippen MR) is 77.5 cm³/mol. The molecule has 3 N–H and O–H groups in total. The summed E-state index contributed by atoms with van der Waals surface area (Å²) in [6.45, 7) is 9.89. The molecule has 5 nitrogen and oxygen atoms in total. The maximum absolute atomic E-state index is 5.87. The Kier molecular flexibility index (Phi) is 4.60. The summed E-state index contributed by atoms with van der Waals surface area (Å²) in [7, 11) is 0. The third kappa shape index (κ3) is 2.68. The molecular formula is C14H27N5. The monoisotopic (exact) mass is 265 g/mol. The SMILES string of the molecule is CCn1cc(C(NN)C(C)(CC)N2CCCC2)cn1. The van der Waals surface area contributed by atoms with Crippen LogP contribution >= 0.6 is 0 Å². The summed E-state index contributed by atoms with van der Waals surface area (Å²) in [5.74, 6) is 5.87. The van der Waals surface area contributed by atoms with Gasteiger partial charge in [0.25, 0.3) is 0 Å². The van der Waals surface area contributed by atoms with Crippen molar-refractivity contribution in [3.8, 4) is 0 Å². The Morgan fingerprint density at radius 1 is 1.42 bits per heavy atom. The molecule has 2 atom stereocenters. The van der Waals surface area contributed by atoms with E-state index in [2.05, 4.69) is 42.4 Å². The summed E-state index contributed by atoms with van der Waals surface area (Å²) >= 11 is 0.